The maximum atomic E-state index is 13.3. The number of carbonyl (C=O) groups excluding carboxylic acids is 1. The first-order chi connectivity index (χ1) is 7.67. The molecule has 0 atom stereocenters. The minimum atomic E-state index is -0.389. The number of rotatable bonds is 4. The third-order valence-corrected chi connectivity index (χ3v) is 2.14. The second kappa shape index (κ2) is 5.95. The Kier molecular flexibility index (Phi) is 4.57. The zero-order valence-electron chi connectivity index (χ0n) is 9.34. The van der Waals surface area contributed by atoms with E-state index in [1.54, 1.807) is 19.2 Å². The Bertz CT molecular complexity index is 369. The molecule has 5 heteroatoms. The molecule has 16 heavy (non-hydrogen) atoms. The summed E-state index contributed by atoms with van der Waals surface area (Å²) in [6, 6.07) is 4.51. The minimum Gasteiger partial charge on any atom is -0.494 e. The number of benzene rings is 1. The Balaban J connectivity index is 2.49. The Morgan fingerprint density at radius 3 is 2.81 bits per heavy atom. The maximum Gasteiger partial charge on any atom is 0.314 e. The van der Waals surface area contributed by atoms with Crippen LogP contribution in [-0.2, 0) is 6.42 Å². The molecule has 2 amide bonds. The van der Waals surface area contributed by atoms with Gasteiger partial charge in [0.1, 0.15) is 0 Å². The average Bonchev–Trinajstić information content (AvgIpc) is 2.29. The van der Waals surface area contributed by atoms with Crippen molar-refractivity contribution in [2.75, 3.05) is 20.7 Å². The topological polar surface area (TPSA) is 50.4 Å². The van der Waals surface area contributed by atoms with Gasteiger partial charge in [-0.05, 0) is 24.1 Å². The first kappa shape index (κ1) is 12.3. The summed E-state index contributed by atoms with van der Waals surface area (Å²) in [4.78, 5) is 10.9. The quantitative estimate of drug-likeness (QED) is 0.813. The first-order valence-corrected chi connectivity index (χ1v) is 4.95. The summed E-state index contributed by atoms with van der Waals surface area (Å²) in [7, 11) is 2.97. The molecule has 88 valence electrons. The molecule has 1 rings (SSSR count). The zero-order chi connectivity index (χ0) is 12.0. The van der Waals surface area contributed by atoms with Crippen LogP contribution in [0.1, 0.15) is 5.56 Å². The number of carbonyl (C=O) groups is 1. The van der Waals surface area contributed by atoms with E-state index in [1.807, 2.05) is 0 Å². The van der Waals surface area contributed by atoms with Gasteiger partial charge in [-0.2, -0.15) is 0 Å². The van der Waals surface area contributed by atoms with Crippen molar-refractivity contribution in [2.24, 2.45) is 0 Å². The fraction of sp³-hybridized carbons (Fsp3) is 0.364. The molecule has 1 aromatic rings. The van der Waals surface area contributed by atoms with Crippen LogP contribution in [-0.4, -0.2) is 26.7 Å². The van der Waals surface area contributed by atoms with Crippen LogP contribution >= 0.6 is 0 Å². The van der Waals surface area contributed by atoms with Gasteiger partial charge in [0.25, 0.3) is 0 Å². The minimum absolute atomic E-state index is 0.225. The molecule has 0 unspecified atom stereocenters. The Morgan fingerprint density at radius 2 is 2.25 bits per heavy atom. The van der Waals surface area contributed by atoms with Gasteiger partial charge in [0.05, 0.1) is 7.11 Å². The number of ether oxygens (including phenoxy) is 1. The molecule has 4 nitrogen and oxygen atoms in total. The van der Waals surface area contributed by atoms with Gasteiger partial charge in [-0.15, -0.1) is 0 Å². The Morgan fingerprint density at radius 1 is 1.50 bits per heavy atom. The second-order valence-corrected chi connectivity index (χ2v) is 3.22. The molecule has 0 bridgehead atoms. The molecule has 0 aliphatic heterocycles. The van der Waals surface area contributed by atoms with Crippen LogP contribution in [0.3, 0.4) is 0 Å². The van der Waals surface area contributed by atoms with Gasteiger partial charge in [0.15, 0.2) is 11.6 Å². The van der Waals surface area contributed by atoms with E-state index in [2.05, 4.69) is 10.6 Å². The van der Waals surface area contributed by atoms with Crippen molar-refractivity contribution in [3.8, 4) is 5.75 Å². The Hall–Kier alpha value is -1.78. The molecule has 0 spiro atoms. The van der Waals surface area contributed by atoms with Crippen molar-refractivity contribution < 1.29 is 13.9 Å². The van der Waals surface area contributed by atoms with E-state index in [4.69, 9.17) is 4.74 Å². The van der Waals surface area contributed by atoms with Crippen LogP contribution in [0.5, 0.6) is 5.75 Å². The van der Waals surface area contributed by atoms with Crippen LogP contribution in [0, 0.1) is 5.82 Å². The summed E-state index contributed by atoms with van der Waals surface area (Å²) in [6.45, 7) is 0.464. The van der Waals surface area contributed by atoms with E-state index in [0.29, 0.717) is 13.0 Å². The number of halogens is 1. The highest BCUT2D eigenvalue weighted by Gasteiger charge is 2.03. The number of amides is 2. The van der Waals surface area contributed by atoms with Gasteiger partial charge >= 0.3 is 6.03 Å². The molecule has 0 fully saturated rings. The van der Waals surface area contributed by atoms with Gasteiger partial charge in [0, 0.05) is 13.6 Å². The van der Waals surface area contributed by atoms with Gasteiger partial charge in [-0.25, -0.2) is 9.18 Å². The van der Waals surface area contributed by atoms with E-state index in [9.17, 15) is 9.18 Å². The number of urea groups is 1. The predicted octanol–water partition coefficient (Wildman–Crippen LogP) is 1.31. The first-order valence-electron chi connectivity index (χ1n) is 4.95. The third kappa shape index (κ3) is 3.42. The van der Waals surface area contributed by atoms with Crippen molar-refractivity contribution in [1.82, 2.24) is 10.6 Å². The molecule has 1 aromatic carbocycles. The van der Waals surface area contributed by atoms with E-state index >= 15 is 0 Å². The van der Waals surface area contributed by atoms with Crippen LogP contribution in [0.25, 0.3) is 0 Å². The summed E-state index contributed by atoms with van der Waals surface area (Å²) in [5, 5.41) is 5.06. The highest BCUT2D eigenvalue weighted by molar-refractivity contribution is 5.73. The summed E-state index contributed by atoms with van der Waals surface area (Å²) in [6.07, 6.45) is 0.578. The van der Waals surface area contributed by atoms with Crippen molar-refractivity contribution in [2.45, 2.75) is 6.42 Å². The highest BCUT2D eigenvalue weighted by Crippen LogP contribution is 2.17. The molecule has 2 N–H and O–H groups in total. The van der Waals surface area contributed by atoms with Crippen LogP contribution in [0.2, 0.25) is 0 Å². The Labute approximate surface area is 93.8 Å². The van der Waals surface area contributed by atoms with Gasteiger partial charge in [-0.3, -0.25) is 0 Å². The van der Waals surface area contributed by atoms with Crippen LogP contribution < -0.4 is 15.4 Å². The fourth-order valence-corrected chi connectivity index (χ4v) is 1.27. The normalized spacial score (nSPS) is 9.69. The smallest absolute Gasteiger partial charge is 0.314 e. The lowest BCUT2D eigenvalue weighted by molar-refractivity contribution is 0.243. The molecule has 0 saturated heterocycles. The lowest BCUT2D eigenvalue weighted by Gasteiger charge is -2.06. The lowest BCUT2D eigenvalue weighted by atomic mass is 10.1. The predicted molar refractivity (Wildman–Crippen MR) is 59.1 cm³/mol. The van der Waals surface area contributed by atoms with Crippen molar-refractivity contribution >= 4 is 6.03 Å². The van der Waals surface area contributed by atoms with Gasteiger partial charge in [0.2, 0.25) is 0 Å². The fourth-order valence-electron chi connectivity index (χ4n) is 1.27. The summed E-state index contributed by atoms with van der Waals surface area (Å²) in [5.74, 6) is -0.164. The van der Waals surface area contributed by atoms with E-state index < -0.39 is 0 Å². The van der Waals surface area contributed by atoms with Crippen LogP contribution in [0.15, 0.2) is 18.2 Å². The molecule has 0 radical (unpaired) electrons. The standard InChI is InChI=1S/C11H15FN2O2/c1-13-11(15)14-6-5-8-3-4-10(16-2)9(12)7-8/h3-4,7H,5-6H2,1-2H3,(H2,13,14,15). The zero-order valence-corrected chi connectivity index (χ0v) is 9.34. The van der Waals surface area contributed by atoms with Crippen molar-refractivity contribution in [3.63, 3.8) is 0 Å². The molecule has 0 aliphatic rings. The molecular formula is C11H15FN2O2. The number of hydrogen-bond donors (Lipinski definition) is 2. The van der Waals surface area contributed by atoms with Crippen molar-refractivity contribution in [1.29, 1.82) is 0 Å². The second-order valence-electron chi connectivity index (χ2n) is 3.22. The third-order valence-electron chi connectivity index (χ3n) is 2.14. The van der Waals surface area contributed by atoms with Crippen molar-refractivity contribution in [3.05, 3.63) is 29.6 Å². The maximum absolute atomic E-state index is 13.3. The summed E-state index contributed by atoms with van der Waals surface area (Å²) < 4.78 is 18.1. The molecule has 0 saturated carbocycles. The van der Waals surface area contributed by atoms with E-state index in [1.165, 1.54) is 13.2 Å². The van der Waals surface area contributed by atoms with Gasteiger partial charge in [-0.1, -0.05) is 6.07 Å². The van der Waals surface area contributed by atoms with E-state index in [0.717, 1.165) is 5.56 Å². The highest BCUT2D eigenvalue weighted by atomic mass is 19.1. The molecule has 0 heterocycles. The van der Waals surface area contributed by atoms with Crippen LogP contribution in [0.4, 0.5) is 9.18 Å². The SMILES string of the molecule is CNC(=O)NCCc1ccc(OC)c(F)c1. The summed E-state index contributed by atoms with van der Waals surface area (Å²) in [5.41, 5.74) is 0.815. The number of hydrogen-bond acceptors (Lipinski definition) is 2. The molecule has 0 aliphatic carbocycles. The monoisotopic (exact) mass is 226 g/mol. The molecular weight excluding hydrogens is 211 g/mol. The molecule has 0 aromatic heterocycles. The largest absolute Gasteiger partial charge is 0.494 e. The number of nitrogens with one attached hydrogen (secondary N) is 2. The van der Waals surface area contributed by atoms with E-state index in [-0.39, 0.29) is 17.6 Å². The summed E-state index contributed by atoms with van der Waals surface area (Å²) >= 11 is 0. The lowest BCUT2D eigenvalue weighted by Crippen LogP contribution is -2.33. The van der Waals surface area contributed by atoms with Gasteiger partial charge < -0.3 is 15.4 Å². The number of methoxy groups -OCH3 is 1. The average molecular weight is 226 g/mol.